The highest BCUT2D eigenvalue weighted by molar-refractivity contribution is 5.93. The molecule has 0 aliphatic carbocycles. The molecule has 3 aromatic carbocycles. The number of para-hydroxylation sites is 1. The van der Waals surface area contributed by atoms with Gasteiger partial charge in [0.05, 0.1) is 16.6 Å². The van der Waals surface area contributed by atoms with E-state index in [0.29, 0.717) is 0 Å². The summed E-state index contributed by atoms with van der Waals surface area (Å²) in [5, 5.41) is 8.07. The molecule has 3 N–H and O–H groups in total. The van der Waals surface area contributed by atoms with Gasteiger partial charge in [-0.05, 0) is 80.6 Å². The Bertz CT molecular complexity index is 1670. The first-order valence-corrected chi connectivity index (χ1v) is 11.5. The lowest BCUT2D eigenvalue weighted by atomic mass is 10.1. The molecule has 0 amide bonds. The Hall–Kier alpha value is -4.71. The number of imidazole rings is 1. The summed E-state index contributed by atoms with van der Waals surface area (Å²) < 4.78 is 0. The molecule has 6 heteroatoms. The maximum atomic E-state index is 4.83. The second-order valence-electron chi connectivity index (χ2n) is 8.66. The average Bonchev–Trinajstić information content (AvgIpc) is 3.28. The minimum Gasteiger partial charge on any atom is -0.355 e. The Kier molecular flexibility index (Phi) is 5.11. The van der Waals surface area contributed by atoms with Gasteiger partial charge in [0.25, 0.3) is 0 Å². The molecular weight excluding hydrogens is 432 g/mol. The van der Waals surface area contributed by atoms with Crippen LogP contribution in [-0.2, 0) is 0 Å². The first-order chi connectivity index (χ1) is 17.1. The van der Waals surface area contributed by atoms with Crippen molar-refractivity contribution in [2.24, 2.45) is 0 Å². The number of hydrogen-bond acceptors (Lipinski definition) is 5. The third kappa shape index (κ3) is 4.29. The third-order valence-corrected chi connectivity index (χ3v) is 5.95. The monoisotopic (exact) mass is 456 g/mol. The molecule has 0 bridgehead atoms. The number of nitrogens with zero attached hydrogens (tertiary/aromatic N) is 3. The zero-order valence-electron chi connectivity index (χ0n) is 19.5. The molecule has 0 spiro atoms. The van der Waals surface area contributed by atoms with Crippen LogP contribution in [0.2, 0.25) is 0 Å². The maximum absolute atomic E-state index is 4.83. The van der Waals surface area contributed by atoms with E-state index in [1.807, 2.05) is 50.2 Å². The van der Waals surface area contributed by atoms with E-state index in [4.69, 9.17) is 4.98 Å². The lowest BCUT2D eigenvalue weighted by Gasteiger charge is -2.11. The fraction of sp³-hybridized carbons (Fsp3) is 0.0690. The van der Waals surface area contributed by atoms with Crippen molar-refractivity contribution in [1.82, 2.24) is 19.9 Å². The smallest absolute Gasteiger partial charge is 0.138 e. The van der Waals surface area contributed by atoms with Crippen molar-refractivity contribution in [2.45, 2.75) is 13.8 Å². The van der Waals surface area contributed by atoms with E-state index in [0.717, 1.165) is 67.5 Å². The number of aromatic nitrogens is 4. The highest BCUT2D eigenvalue weighted by atomic mass is 14.9. The molecule has 6 rings (SSSR count). The van der Waals surface area contributed by atoms with Crippen LogP contribution in [-0.4, -0.2) is 19.9 Å². The van der Waals surface area contributed by atoms with Crippen molar-refractivity contribution in [3.05, 3.63) is 103 Å². The Balaban J connectivity index is 1.24. The third-order valence-electron chi connectivity index (χ3n) is 5.95. The Morgan fingerprint density at radius 1 is 0.657 bits per heavy atom. The van der Waals surface area contributed by atoms with Gasteiger partial charge in [-0.3, -0.25) is 9.97 Å². The van der Waals surface area contributed by atoms with Crippen molar-refractivity contribution in [1.29, 1.82) is 0 Å². The Labute approximate surface area is 203 Å². The molecule has 0 aliphatic heterocycles. The highest BCUT2D eigenvalue weighted by Crippen LogP contribution is 2.29. The maximum Gasteiger partial charge on any atom is 0.138 e. The largest absolute Gasteiger partial charge is 0.355 e. The molecule has 0 saturated carbocycles. The van der Waals surface area contributed by atoms with Gasteiger partial charge in [0.2, 0.25) is 0 Å². The van der Waals surface area contributed by atoms with E-state index in [2.05, 4.69) is 74.1 Å². The summed E-state index contributed by atoms with van der Waals surface area (Å²) in [6.45, 7) is 4.00. The zero-order chi connectivity index (χ0) is 23.8. The molecule has 0 unspecified atom stereocenters. The molecule has 6 aromatic rings. The summed E-state index contributed by atoms with van der Waals surface area (Å²) in [5.74, 6) is 0.841. The van der Waals surface area contributed by atoms with Crippen LogP contribution in [0.15, 0.2) is 91.1 Å². The number of rotatable bonds is 5. The second-order valence-corrected chi connectivity index (χ2v) is 8.66. The van der Waals surface area contributed by atoms with Crippen molar-refractivity contribution < 1.29 is 0 Å². The van der Waals surface area contributed by atoms with Crippen LogP contribution in [0.3, 0.4) is 0 Å². The normalized spacial score (nSPS) is 11.1. The lowest BCUT2D eigenvalue weighted by Crippen LogP contribution is -1.94. The molecule has 0 saturated heterocycles. The molecule has 0 fully saturated rings. The van der Waals surface area contributed by atoms with Crippen molar-refractivity contribution in [3.8, 4) is 11.4 Å². The molecular formula is C29H24N6. The summed E-state index contributed by atoms with van der Waals surface area (Å²) >= 11 is 0. The van der Waals surface area contributed by atoms with Crippen LogP contribution >= 0.6 is 0 Å². The second kappa shape index (κ2) is 8.57. The van der Waals surface area contributed by atoms with Crippen LogP contribution in [0.1, 0.15) is 11.4 Å². The van der Waals surface area contributed by atoms with E-state index in [1.165, 1.54) is 0 Å². The highest BCUT2D eigenvalue weighted by Gasteiger charge is 2.08. The Morgan fingerprint density at radius 2 is 1.46 bits per heavy atom. The molecule has 35 heavy (non-hydrogen) atoms. The van der Waals surface area contributed by atoms with Gasteiger partial charge >= 0.3 is 0 Å². The average molecular weight is 457 g/mol. The number of anilines is 4. The number of H-pyrrole nitrogens is 1. The number of hydrogen-bond donors (Lipinski definition) is 3. The van der Waals surface area contributed by atoms with Gasteiger partial charge in [-0.1, -0.05) is 18.2 Å². The first-order valence-electron chi connectivity index (χ1n) is 11.5. The summed E-state index contributed by atoms with van der Waals surface area (Å²) in [5.41, 5.74) is 9.95. The fourth-order valence-electron chi connectivity index (χ4n) is 4.29. The van der Waals surface area contributed by atoms with Gasteiger partial charge in [-0.15, -0.1) is 0 Å². The number of fused-ring (bicyclic) bond motifs is 2. The molecule has 170 valence electrons. The van der Waals surface area contributed by atoms with Crippen molar-refractivity contribution in [2.75, 3.05) is 10.6 Å². The van der Waals surface area contributed by atoms with Gasteiger partial charge in [0, 0.05) is 51.3 Å². The van der Waals surface area contributed by atoms with Gasteiger partial charge in [-0.25, -0.2) is 4.98 Å². The quantitative estimate of drug-likeness (QED) is 0.254. The summed E-state index contributed by atoms with van der Waals surface area (Å²) in [4.78, 5) is 17.1. The summed E-state index contributed by atoms with van der Waals surface area (Å²) in [6, 6.07) is 28.7. The molecule has 0 radical (unpaired) electrons. The van der Waals surface area contributed by atoms with Gasteiger partial charge in [0.15, 0.2) is 0 Å². The number of benzene rings is 3. The zero-order valence-corrected chi connectivity index (χ0v) is 19.5. The molecule has 3 aromatic heterocycles. The summed E-state index contributed by atoms with van der Waals surface area (Å²) in [7, 11) is 0. The first kappa shape index (κ1) is 20.9. The number of aromatic amines is 1. The number of pyridine rings is 2. The van der Waals surface area contributed by atoms with Gasteiger partial charge in [-0.2, -0.15) is 0 Å². The SMILES string of the molecule is Cc1cc(Nc2ccc3[nH]c(-c4ccc(Nc5cc(C)nc6ccccc56)cc4)nc3c2)ccn1. The minimum atomic E-state index is 0.841. The van der Waals surface area contributed by atoms with Gasteiger partial charge < -0.3 is 15.6 Å². The Morgan fingerprint density at radius 3 is 2.31 bits per heavy atom. The van der Waals surface area contributed by atoms with Crippen LogP contribution < -0.4 is 10.6 Å². The van der Waals surface area contributed by atoms with Crippen LogP contribution in [0, 0.1) is 13.8 Å². The van der Waals surface area contributed by atoms with E-state index < -0.39 is 0 Å². The van der Waals surface area contributed by atoms with E-state index >= 15 is 0 Å². The van der Waals surface area contributed by atoms with E-state index in [9.17, 15) is 0 Å². The number of aryl methyl sites for hydroxylation is 2. The molecule has 0 aliphatic rings. The summed E-state index contributed by atoms with van der Waals surface area (Å²) in [6.07, 6.45) is 1.81. The predicted molar refractivity (Wildman–Crippen MR) is 144 cm³/mol. The van der Waals surface area contributed by atoms with Crippen LogP contribution in [0.4, 0.5) is 22.7 Å². The van der Waals surface area contributed by atoms with Crippen molar-refractivity contribution in [3.63, 3.8) is 0 Å². The standard InChI is InChI=1S/C29H24N6/c1-18-15-23(13-14-30-18)32-22-11-12-26-28(17-22)35-29(34-26)20-7-9-21(10-8-20)33-27-16-19(2)31-25-6-4-3-5-24(25)27/h3-17H,1-2H3,(H,30,32)(H,31,33)(H,34,35). The topological polar surface area (TPSA) is 78.5 Å². The predicted octanol–water partition coefficient (Wildman–Crippen LogP) is 7.28. The van der Waals surface area contributed by atoms with E-state index in [-0.39, 0.29) is 0 Å². The van der Waals surface area contributed by atoms with E-state index in [1.54, 1.807) is 6.20 Å². The fourth-order valence-corrected chi connectivity index (χ4v) is 4.29. The molecule has 0 atom stereocenters. The van der Waals surface area contributed by atoms with Crippen LogP contribution in [0.25, 0.3) is 33.3 Å². The lowest BCUT2D eigenvalue weighted by molar-refractivity contribution is 1.20. The van der Waals surface area contributed by atoms with Crippen LogP contribution in [0.5, 0.6) is 0 Å². The molecule has 3 heterocycles. The number of nitrogens with one attached hydrogen (secondary N) is 3. The minimum absolute atomic E-state index is 0.841. The van der Waals surface area contributed by atoms with Crippen molar-refractivity contribution >= 4 is 44.7 Å². The van der Waals surface area contributed by atoms with Gasteiger partial charge in [0.1, 0.15) is 5.82 Å². The molecule has 6 nitrogen and oxygen atoms in total.